The quantitative estimate of drug-likeness (QED) is 0.592. The molecule has 0 saturated heterocycles. The van der Waals surface area contributed by atoms with Gasteiger partial charge in [0.15, 0.2) is 0 Å². The Labute approximate surface area is 167 Å². The Morgan fingerprint density at radius 2 is 1.54 bits per heavy atom. The first-order valence-electron chi connectivity index (χ1n) is 9.72. The van der Waals surface area contributed by atoms with Crippen molar-refractivity contribution < 1.29 is 19.1 Å². The number of ether oxygens (including phenoxy) is 1. The van der Waals surface area contributed by atoms with Crippen LogP contribution in [0.1, 0.15) is 48.0 Å². The fourth-order valence-electron chi connectivity index (χ4n) is 2.43. The molecule has 3 amide bonds. The average Bonchev–Trinajstić information content (AvgIpc) is 2.57. The third-order valence-corrected chi connectivity index (χ3v) is 3.78. The minimum Gasteiger partial charge on any atom is -0.449 e. The summed E-state index contributed by atoms with van der Waals surface area (Å²) in [4.78, 5) is 36.5. The molecule has 1 aromatic carbocycles. The van der Waals surface area contributed by atoms with E-state index >= 15 is 0 Å². The maximum absolute atomic E-state index is 12.6. The van der Waals surface area contributed by atoms with Crippen LogP contribution in [0.4, 0.5) is 16.2 Å². The molecule has 7 heteroatoms. The van der Waals surface area contributed by atoms with Crippen LogP contribution in [0.3, 0.4) is 0 Å². The second-order valence-electron chi connectivity index (χ2n) is 8.07. The van der Waals surface area contributed by atoms with Gasteiger partial charge in [-0.3, -0.25) is 14.9 Å². The first-order valence-corrected chi connectivity index (χ1v) is 9.72. The zero-order valence-corrected chi connectivity index (χ0v) is 17.7. The van der Waals surface area contributed by atoms with Gasteiger partial charge in [-0.15, -0.1) is 0 Å². The number of hydrogen-bond donors (Lipinski definition) is 3. The summed E-state index contributed by atoms with van der Waals surface area (Å²) in [5, 5.41) is 8.24. The third kappa shape index (κ3) is 8.88. The number of amides is 3. The Bertz CT molecular complexity index is 671. The molecule has 7 nitrogen and oxygen atoms in total. The molecule has 1 aromatic rings. The lowest BCUT2D eigenvalue weighted by molar-refractivity contribution is -0.127. The van der Waals surface area contributed by atoms with Crippen LogP contribution in [0.2, 0.25) is 0 Å². The molecule has 0 fully saturated rings. The molecule has 0 spiro atoms. The maximum atomic E-state index is 12.6. The van der Waals surface area contributed by atoms with Crippen molar-refractivity contribution in [3.8, 4) is 0 Å². The highest BCUT2D eigenvalue weighted by Gasteiger charge is 2.24. The van der Waals surface area contributed by atoms with Crippen molar-refractivity contribution in [2.75, 3.05) is 17.2 Å². The molecule has 0 saturated carbocycles. The lowest BCUT2D eigenvalue weighted by atomic mass is 10.0. The zero-order chi connectivity index (χ0) is 21.3. The van der Waals surface area contributed by atoms with E-state index in [0.29, 0.717) is 24.4 Å². The van der Waals surface area contributed by atoms with Gasteiger partial charge < -0.3 is 15.4 Å². The highest BCUT2D eigenvalue weighted by Crippen LogP contribution is 2.17. The van der Waals surface area contributed by atoms with Crippen molar-refractivity contribution in [2.24, 2.45) is 17.8 Å². The van der Waals surface area contributed by atoms with Gasteiger partial charge in [0.1, 0.15) is 6.04 Å². The predicted molar refractivity (Wildman–Crippen MR) is 111 cm³/mol. The lowest BCUT2D eigenvalue weighted by Crippen LogP contribution is -2.47. The molecule has 0 aliphatic carbocycles. The van der Waals surface area contributed by atoms with Gasteiger partial charge in [0.25, 0.3) is 0 Å². The molecule has 0 aliphatic rings. The van der Waals surface area contributed by atoms with E-state index < -0.39 is 12.1 Å². The first-order chi connectivity index (χ1) is 13.1. The van der Waals surface area contributed by atoms with E-state index in [4.69, 9.17) is 4.74 Å². The molecule has 1 atom stereocenters. The standard InChI is InChI=1S/C21H33N3O4/c1-13(2)10-18(25)24-19(15(5)6)20(26)22-16-8-7-9-17(11-16)23-21(27)28-12-14(3)4/h7-9,11,13-15,19H,10,12H2,1-6H3,(H,22,26)(H,23,27)(H,24,25). The van der Waals surface area contributed by atoms with Crippen molar-refractivity contribution in [2.45, 2.75) is 54.0 Å². The number of carbonyl (C=O) groups is 3. The minimum absolute atomic E-state index is 0.0663. The fourth-order valence-corrected chi connectivity index (χ4v) is 2.43. The van der Waals surface area contributed by atoms with Gasteiger partial charge in [-0.05, 0) is 36.0 Å². The summed E-state index contributed by atoms with van der Waals surface area (Å²) in [6.07, 6.45) is -0.174. The van der Waals surface area contributed by atoms with E-state index in [2.05, 4.69) is 16.0 Å². The minimum atomic E-state index is -0.640. The number of benzene rings is 1. The Balaban J connectivity index is 2.73. The second kappa shape index (κ2) is 11.3. The van der Waals surface area contributed by atoms with Crippen LogP contribution in [0.5, 0.6) is 0 Å². The van der Waals surface area contributed by atoms with Gasteiger partial charge in [0, 0.05) is 17.8 Å². The number of hydrogen-bond acceptors (Lipinski definition) is 4. The number of rotatable bonds is 9. The SMILES string of the molecule is CC(C)COC(=O)Nc1cccc(NC(=O)C(NC(=O)CC(C)C)C(C)C)c1. The summed E-state index contributed by atoms with van der Waals surface area (Å²) >= 11 is 0. The topological polar surface area (TPSA) is 96.5 Å². The van der Waals surface area contributed by atoms with Gasteiger partial charge in [-0.2, -0.15) is 0 Å². The van der Waals surface area contributed by atoms with E-state index in [1.54, 1.807) is 24.3 Å². The molecule has 0 aliphatic heterocycles. The Morgan fingerprint density at radius 1 is 0.929 bits per heavy atom. The smallest absolute Gasteiger partial charge is 0.411 e. The molecule has 156 valence electrons. The summed E-state index contributed by atoms with van der Waals surface area (Å²) in [6, 6.07) is 6.14. The van der Waals surface area contributed by atoms with Crippen molar-refractivity contribution in [3.05, 3.63) is 24.3 Å². The summed E-state index contributed by atoms with van der Waals surface area (Å²) in [7, 11) is 0. The molecular formula is C21H33N3O4. The normalized spacial score (nSPS) is 12.0. The second-order valence-corrected chi connectivity index (χ2v) is 8.07. The summed E-state index contributed by atoms with van der Waals surface area (Å²) in [5.74, 6) is -0.0495. The van der Waals surface area contributed by atoms with Gasteiger partial charge in [-0.1, -0.05) is 47.6 Å². The van der Waals surface area contributed by atoms with Gasteiger partial charge >= 0.3 is 6.09 Å². The number of carbonyl (C=O) groups excluding carboxylic acids is 3. The van der Waals surface area contributed by atoms with Crippen LogP contribution >= 0.6 is 0 Å². The zero-order valence-electron chi connectivity index (χ0n) is 17.7. The van der Waals surface area contributed by atoms with E-state index in [9.17, 15) is 14.4 Å². The Kier molecular flexibility index (Phi) is 9.48. The van der Waals surface area contributed by atoms with E-state index in [1.807, 2.05) is 41.5 Å². The largest absolute Gasteiger partial charge is 0.449 e. The van der Waals surface area contributed by atoms with Crippen molar-refractivity contribution in [1.29, 1.82) is 0 Å². The van der Waals surface area contributed by atoms with Crippen molar-refractivity contribution >= 4 is 29.3 Å². The van der Waals surface area contributed by atoms with Crippen LogP contribution < -0.4 is 16.0 Å². The van der Waals surface area contributed by atoms with Crippen LogP contribution in [0.15, 0.2) is 24.3 Å². The highest BCUT2D eigenvalue weighted by molar-refractivity contribution is 5.98. The van der Waals surface area contributed by atoms with Crippen molar-refractivity contribution in [3.63, 3.8) is 0 Å². The van der Waals surface area contributed by atoms with E-state index in [-0.39, 0.29) is 29.6 Å². The number of nitrogens with one attached hydrogen (secondary N) is 3. The van der Waals surface area contributed by atoms with Crippen LogP contribution in [0.25, 0.3) is 0 Å². The van der Waals surface area contributed by atoms with Crippen LogP contribution in [-0.2, 0) is 14.3 Å². The highest BCUT2D eigenvalue weighted by atomic mass is 16.5. The molecular weight excluding hydrogens is 358 g/mol. The third-order valence-electron chi connectivity index (χ3n) is 3.78. The summed E-state index contributed by atoms with van der Waals surface area (Å²) in [6.45, 7) is 11.9. The Morgan fingerprint density at radius 3 is 2.07 bits per heavy atom. The molecule has 1 unspecified atom stereocenters. The molecule has 0 radical (unpaired) electrons. The van der Waals surface area contributed by atoms with Crippen LogP contribution in [0, 0.1) is 17.8 Å². The summed E-state index contributed by atoms with van der Waals surface area (Å²) in [5.41, 5.74) is 1.03. The van der Waals surface area contributed by atoms with E-state index in [1.165, 1.54) is 0 Å². The van der Waals surface area contributed by atoms with Gasteiger partial charge in [-0.25, -0.2) is 4.79 Å². The van der Waals surface area contributed by atoms with Crippen LogP contribution in [-0.4, -0.2) is 30.6 Å². The molecule has 0 aromatic heterocycles. The Hall–Kier alpha value is -2.57. The van der Waals surface area contributed by atoms with Crippen molar-refractivity contribution in [1.82, 2.24) is 5.32 Å². The number of anilines is 2. The summed E-state index contributed by atoms with van der Waals surface area (Å²) < 4.78 is 5.09. The van der Waals surface area contributed by atoms with E-state index in [0.717, 1.165) is 0 Å². The lowest BCUT2D eigenvalue weighted by Gasteiger charge is -2.22. The molecule has 0 heterocycles. The first kappa shape index (κ1) is 23.5. The average molecular weight is 392 g/mol. The fraction of sp³-hybridized carbons (Fsp3) is 0.571. The molecule has 28 heavy (non-hydrogen) atoms. The molecule has 1 rings (SSSR count). The molecule has 3 N–H and O–H groups in total. The predicted octanol–water partition coefficient (Wildman–Crippen LogP) is 4.02. The molecule has 0 bridgehead atoms. The monoisotopic (exact) mass is 391 g/mol. The van der Waals surface area contributed by atoms with Gasteiger partial charge in [0.2, 0.25) is 11.8 Å². The van der Waals surface area contributed by atoms with Gasteiger partial charge in [0.05, 0.1) is 6.61 Å². The maximum Gasteiger partial charge on any atom is 0.411 e.